The number of rotatable bonds is 2. The lowest BCUT2D eigenvalue weighted by Gasteiger charge is -2.25. The molecule has 0 radical (unpaired) electrons. The van der Waals surface area contributed by atoms with Gasteiger partial charge in [-0.2, -0.15) is 0 Å². The first-order valence-electron chi connectivity index (χ1n) is 8.54. The monoisotopic (exact) mass is 369 g/mol. The van der Waals surface area contributed by atoms with Gasteiger partial charge in [-0.15, -0.1) is 0 Å². The minimum absolute atomic E-state index is 0.163. The number of ketones is 2. The van der Waals surface area contributed by atoms with E-state index in [0.717, 1.165) is 10.3 Å². The van der Waals surface area contributed by atoms with E-state index in [1.165, 1.54) is 6.07 Å². The summed E-state index contributed by atoms with van der Waals surface area (Å²) in [4.78, 5) is 52.1. The number of amides is 1. The number of nitrogens with zero attached hydrogens (tertiary/aromatic N) is 1. The van der Waals surface area contributed by atoms with Gasteiger partial charge in [0.05, 0.1) is 5.69 Å². The van der Waals surface area contributed by atoms with Crippen molar-refractivity contribution in [2.45, 2.75) is 0 Å². The minimum Gasteiger partial charge on any atom is -0.420 e. The van der Waals surface area contributed by atoms with E-state index in [-0.39, 0.29) is 22.7 Å². The van der Waals surface area contributed by atoms with E-state index in [4.69, 9.17) is 4.74 Å². The second-order valence-electron chi connectivity index (χ2n) is 6.41. The van der Waals surface area contributed by atoms with E-state index in [9.17, 15) is 19.2 Å². The van der Waals surface area contributed by atoms with Gasteiger partial charge < -0.3 is 4.74 Å². The van der Waals surface area contributed by atoms with Crippen LogP contribution in [0, 0.1) is 0 Å². The predicted molar refractivity (Wildman–Crippen MR) is 99.9 cm³/mol. The van der Waals surface area contributed by atoms with Crippen LogP contribution in [-0.2, 0) is 14.4 Å². The zero-order valence-electron chi connectivity index (χ0n) is 14.3. The first-order chi connectivity index (χ1) is 13.6. The molecule has 134 valence electrons. The van der Waals surface area contributed by atoms with Gasteiger partial charge in [0, 0.05) is 5.56 Å². The van der Waals surface area contributed by atoms with Gasteiger partial charge in [-0.1, -0.05) is 54.6 Å². The van der Waals surface area contributed by atoms with Crippen molar-refractivity contribution >= 4 is 39.9 Å². The molecule has 0 bridgehead atoms. The maximum atomic E-state index is 13.3. The number of esters is 1. The van der Waals surface area contributed by atoms with Crippen LogP contribution in [0.25, 0.3) is 10.8 Å². The highest BCUT2D eigenvalue weighted by molar-refractivity contribution is 6.59. The van der Waals surface area contributed by atoms with Crippen molar-refractivity contribution in [2.24, 2.45) is 0 Å². The molecule has 6 heteroatoms. The Hall–Kier alpha value is -4.06. The van der Waals surface area contributed by atoms with Crippen molar-refractivity contribution < 1.29 is 23.9 Å². The van der Waals surface area contributed by atoms with Gasteiger partial charge >= 0.3 is 11.9 Å². The van der Waals surface area contributed by atoms with Crippen LogP contribution in [0.5, 0.6) is 5.75 Å². The molecule has 0 saturated carbocycles. The van der Waals surface area contributed by atoms with Crippen molar-refractivity contribution in [3.63, 3.8) is 0 Å². The molecule has 0 saturated heterocycles. The number of fused-ring (bicyclic) bond motifs is 4. The highest BCUT2D eigenvalue weighted by atomic mass is 16.5. The maximum Gasteiger partial charge on any atom is 0.361 e. The van der Waals surface area contributed by atoms with Gasteiger partial charge in [-0.25, -0.2) is 4.79 Å². The van der Waals surface area contributed by atoms with Crippen LogP contribution in [-0.4, -0.2) is 23.4 Å². The molecule has 5 rings (SSSR count). The van der Waals surface area contributed by atoms with Crippen molar-refractivity contribution in [1.82, 2.24) is 0 Å². The Morgan fingerprint density at radius 1 is 0.821 bits per heavy atom. The number of hydrogen-bond donors (Lipinski definition) is 0. The summed E-state index contributed by atoms with van der Waals surface area (Å²) in [6, 6.07) is 18.7. The third kappa shape index (κ3) is 2.08. The average Bonchev–Trinajstić information content (AvgIpc) is 2.99. The molecule has 3 aromatic carbocycles. The molecular formula is C22H11NO5. The summed E-state index contributed by atoms with van der Waals surface area (Å²) in [5, 5.41) is 1.44. The lowest BCUT2D eigenvalue weighted by atomic mass is 9.95. The van der Waals surface area contributed by atoms with Crippen LogP contribution in [0.4, 0.5) is 5.69 Å². The molecule has 28 heavy (non-hydrogen) atoms. The summed E-state index contributed by atoms with van der Waals surface area (Å²) < 4.78 is 5.25. The van der Waals surface area contributed by atoms with Crippen LogP contribution in [0.1, 0.15) is 10.4 Å². The summed E-state index contributed by atoms with van der Waals surface area (Å²) in [7, 11) is 0. The van der Waals surface area contributed by atoms with E-state index in [1.807, 2.05) is 18.2 Å². The van der Waals surface area contributed by atoms with Gasteiger partial charge in [0.25, 0.3) is 5.78 Å². The Balaban J connectivity index is 1.74. The first-order valence-corrected chi connectivity index (χ1v) is 8.54. The standard InChI is InChI=1S/C22H11NO5/c24-19(14-9-5-7-12-6-1-2-8-13(12)14)17-18-22(27)28-16-11-4-3-10-15(16)23(18)21(26)20(17)25/h1-11H. The quantitative estimate of drug-likeness (QED) is 0.228. The van der Waals surface area contributed by atoms with Crippen molar-refractivity contribution in [3.05, 3.63) is 83.6 Å². The summed E-state index contributed by atoms with van der Waals surface area (Å²) in [6.07, 6.45) is 0. The maximum absolute atomic E-state index is 13.3. The first kappa shape index (κ1) is 16.1. The number of benzene rings is 3. The second kappa shape index (κ2) is 5.72. The molecule has 6 nitrogen and oxygen atoms in total. The van der Waals surface area contributed by atoms with Crippen molar-refractivity contribution in [1.29, 1.82) is 0 Å². The van der Waals surface area contributed by atoms with Crippen LogP contribution >= 0.6 is 0 Å². The van der Waals surface area contributed by atoms with Gasteiger partial charge in [0.1, 0.15) is 5.57 Å². The normalized spacial score (nSPS) is 15.6. The summed E-state index contributed by atoms with van der Waals surface area (Å²) >= 11 is 0. The zero-order chi connectivity index (χ0) is 19.4. The van der Waals surface area contributed by atoms with E-state index in [2.05, 4.69) is 0 Å². The third-order valence-corrected chi connectivity index (χ3v) is 4.85. The van der Waals surface area contributed by atoms with E-state index in [1.54, 1.807) is 42.5 Å². The number of Topliss-reactive ketones (excluding diaryl/α,β-unsaturated/α-hetero) is 2. The Bertz CT molecular complexity index is 1270. The molecule has 0 aliphatic carbocycles. The molecule has 2 aliphatic heterocycles. The topological polar surface area (TPSA) is 80.8 Å². The molecule has 0 fully saturated rings. The Morgan fingerprint density at radius 2 is 1.54 bits per heavy atom. The largest absolute Gasteiger partial charge is 0.420 e. The average molecular weight is 369 g/mol. The van der Waals surface area contributed by atoms with Crippen LogP contribution in [0.2, 0.25) is 0 Å². The molecule has 2 aliphatic rings. The van der Waals surface area contributed by atoms with E-state index in [0.29, 0.717) is 5.39 Å². The van der Waals surface area contributed by atoms with Gasteiger partial charge in [-0.3, -0.25) is 19.3 Å². The van der Waals surface area contributed by atoms with Gasteiger partial charge in [0.2, 0.25) is 0 Å². The Morgan fingerprint density at radius 3 is 2.39 bits per heavy atom. The van der Waals surface area contributed by atoms with Gasteiger partial charge in [-0.05, 0) is 22.9 Å². The smallest absolute Gasteiger partial charge is 0.361 e. The van der Waals surface area contributed by atoms with Gasteiger partial charge in [0.15, 0.2) is 17.2 Å². The third-order valence-electron chi connectivity index (χ3n) is 4.85. The zero-order valence-corrected chi connectivity index (χ0v) is 14.3. The molecule has 0 unspecified atom stereocenters. The summed E-state index contributed by atoms with van der Waals surface area (Å²) in [5.74, 6) is -3.37. The molecule has 2 heterocycles. The highest BCUT2D eigenvalue weighted by Gasteiger charge is 2.49. The SMILES string of the molecule is O=C1Oc2ccccc2N2C(=O)C(=O)C(C(=O)c3cccc4ccccc34)=C12. The minimum atomic E-state index is -1.01. The highest BCUT2D eigenvalue weighted by Crippen LogP contribution is 2.41. The lowest BCUT2D eigenvalue weighted by Crippen LogP contribution is -2.36. The molecule has 0 N–H and O–H groups in total. The molecule has 0 atom stereocenters. The van der Waals surface area contributed by atoms with E-state index >= 15 is 0 Å². The number of carbonyl (C=O) groups is 4. The fourth-order valence-corrected chi connectivity index (χ4v) is 3.60. The molecule has 1 amide bonds. The van der Waals surface area contributed by atoms with Crippen molar-refractivity contribution in [3.8, 4) is 5.75 Å². The molecule has 3 aromatic rings. The van der Waals surface area contributed by atoms with Crippen LogP contribution in [0.3, 0.4) is 0 Å². The number of carbonyl (C=O) groups excluding carboxylic acids is 4. The lowest BCUT2D eigenvalue weighted by molar-refractivity contribution is -0.133. The number of hydrogen-bond acceptors (Lipinski definition) is 5. The Kier molecular flexibility index (Phi) is 3.30. The Labute approximate surface area is 158 Å². The van der Waals surface area contributed by atoms with E-state index < -0.39 is 29.0 Å². The fourth-order valence-electron chi connectivity index (χ4n) is 3.60. The van der Waals surface area contributed by atoms with Crippen LogP contribution < -0.4 is 9.64 Å². The molecule has 0 spiro atoms. The second-order valence-corrected chi connectivity index (χ2v) is 6.41. The molecular weight excluding hydrogens is 358 g/mol. The van der Waals surface area contributed by atoms with Crippen molar-refractivity contribution in [2.75, 3.05) is 4.90 Å². The predicted octanol–water partition coefficient (Wildman–Crippen LogP) is 2.81. The number of ether oxygens (including phenoxy) is 1. The van der Waals surface area contributed by atoms with Crippen LogP contribution in [0.15, 0.2) is 78.0 Å². The summed E-state index contributed by atoms with van der Waals surface area (Å²) in [5.41, 5.74) is -0.279. The number of para-hydroxylation sites is 2. The number of anilines is 1. The fraction of sp³-hybridized carbons (Fsp3) is 0. The molecule has 0 aromatic heterocycles. The summed E-state index contributed by atoms with van der Waals surface area (Å²) in [6.45, 7) is 0.